The van der Waals surface area contributed by atoms with Crippen LogP contribution in [0.15, 0.2) is 24.3 Å². The van der Waals surface area contributed by atoms with Gasteiger partial charge >= 0.3 is 12.2 Å². The molecule has 0 radical (unpaired) electrons. The molecule has 27 heavy (non-hydrogen) atoms. The highest BCUT2D eigenvalue weighted by atomic mass is 16.6. The molecule has 0 atom stereocenters. The second-order valence-electron chi connectivity index (χ2n) is 8.91. The van der Waals surface area contributed by atoms with Crippen LogP contribution in [0, 0.1) is 0 Å². The molecule has 0 saturated carbocycles. The van der Waals surface area contributed by atoms with Crippen molar-refractivity contribution in [2.45, 2.75) is 65.7 Å². The van der Waals surface area contributed by atoms with E-state index in [4.69, 9.17) is 9.47 Å². The third-order valence-corrected chi connectivity index (χ3v) is 4.29. The van der Waals surface area contributed by atoms with Crippen LogP contribution in [0.4, 0.5) is 9.59 Å². The monoisotopic (exact) mass is 372 g/mol. The van der Waals surface area contributed by atoms with Crippen LogP contribution in [0.3, 0.4) is 0 Å². The highest BCUT2D eigenvalue weighted by molar-refractivity contribution is 5.94. The average Bonchev–Trinajstić information content (AvgIpc) is 2.85. The number of amides is 1. The first-order chi connectivity index (χ1) is 12.5. The van der Waals surface area contributed by atoms with Crippen molar-refractivity contribution in [2.24, 2.45) is 0 Å². The van der Waals surface area contributed by atoms with E-state index >= 15 is 0 Å². The zero-order valence-electron chi connectivity index (χ0n) is 17.0. The smallest absolute Gasteiger partial charge is 0.419 e. The molecule has 2 aromatic rings. The molecule has 0 N–H and O–H groups in total. The molecule has 1 aromatic carbocycles. The quantitative estimate of drug-likeness (QED) is 0.671. The number of rotatable bonds is 0. The highest BCUT2D eigenvalue weighted by Crippen LogP contribution is 2.32. The SMILES string of the molecule is CC(C)(C)OC(=O)N1CCc2c(n(C(=O)OC(C)(C)C)c3ccccc23)C1. The fourth-order valence-corrected chi connectivity index (χ4v) is 3.31. The van der Waals surface area contributed by atoms with Crippen molar-refractivity contribution in [3.63, 3.8) is 0 Å². The second-order valence-corrected chi connectivity index (χ2v) is 8.91. The zero-order chi connectivity index (χ0) is 20.0. The van der Waals surface area contributed by atoms with Crippen LogP contribution in [0.25, 0.3) is 10.9 Å². The van der Waals surface area contributed by atoms with Gasteiger partial charge in [-0.25, -0.2) is 14.2 Å². The Morgan fingerprint density at radius 2 is 1.52 bits per heavy atom. The van der Waals surface area contributed by atoms with Gasteiger partial charge in [0.2, 0.25) is 0 Å². The van der Waals surface area contributed by atoms with Crippen LogP contribution >= 0.6 is 0 Å². The number of hydrogen-bond acceptors (Lipinski definition) is 4. The van der Waals surface area contributed by atoms with Gasteiger partial charge in [0, 0.05) is 11.9 Å². The summed E-state index contributed by atoms with van der Waals surface area (Å²) >= 11 is 0. The van der Waals surface area contributed by atoms with Crippen LogP contribution in [0.2, 0.25) is 0 Å². The van der Waals surface area contributed by atoms with Crippen molar-refractivity contribution in [3.8, 4) is 0 Å². The summed E-state index contributed by atoms with van der Waals surface area (Å²) in [5, 5.41) is 1.03. The Morgan fingerprint density at radius 3 is 2.15 bits per heavy atom. The highest BCUT2D eigenvalue weighted by Gasteiger charge is 2.32. The predicted molar refractivity (Wildman–Crippen MR) is 104 cm³/mol. The van der Waals surface area contributed by atoms with Crippen molar-refractivity contribution >= 4 is 23.1 Å². The first-order valence-corrected chi connectivity index (χ1v) is 9.29. The maximum absolute atomic E-state index is 12.9. The van der Waals surface area contributed by atoms with Gasteiger partial charge in [0.25, 0.3) is 0 Å². The summed E-state index contributed by atoms with van der Waals surface area (Å²) in [4.78, 5) is 27.1. The van der Waals surface area contributed by atoms with E-state index in [9.17, 15) is 9.59 Å². The minimum atomic E-state index is -0.602. The third-order valence-electron chi connectivity index (χ3n) is 4.29. The lowest BCUT2D eigenvalue weighted by Gasteiger charge is -2.31. The summed E-state index contributed by atoms with van der Waals surface area (Å²) in [6, 6.07) is 7.79. The molecule has 6 heteroatoms. The first-order valence-electron chi connectivity index (χ1n) is 9.29. The average molecular weight is 372 g/mol. The molecule has 3 rings (SSSR count). The molecule has 1 aliphatic rings. The number of ether oxygens (including phenoxy) is 2. The van der Waals surface area contributed by atoms with Crippen LogP contribution in [-0.4, -0.2) is 39.4 Å². The van der Waals surface area contributed by atoms with Crippen LogP contribution in [0.5, 0.6) is 0 Å². The van der Waals surface area contributed by atoms with Crippen molar-refractivity contribution in [1.82, 2.24) is 9.47 Å². The Balaban J connectivity index is 2.01. The van der Waals surface area contributed by atoms with E-state index in [2.05, 4.69) is 0 Å². The molecule has 0 spiro atoms. The van der Waals surface area contributed by atoms with E-state index in [0.29, 0.717) is 19.5 Å². The number of carbonyl (C=O) groups is 2. The van der Waals surface area contributed by atoms with Crippen molar-refractivity contribution in [1.29, 1.82) is 0 Å². The lowest BCUT2D eigenvalue weighted by atomic mass is 10.0. The fourth-order valence-electron chi connectivity index (χ4n) is 3.31. The largest absolute Gasteiger partial charge is 0.444 e. The van der Waals surface area contributed by atoms with E-state index in [1.165, 1.54) is 0 Å². The maximum Gasteiger partial charge on any atom is 0.419 e. The molecule has 1 aromatic heterocycles. The molecule has 0 saturated heterocycles. The number of hydrogen-bond donors (Lipinski definition) is 0. The summed E-state index contributed by atoms with van der Waals surface area (Å²) in [7, 11) is 0. The molecule has 2 heterocycles. The molecule has 146 valence electrons. The Kier molecular flexibility index (Phi) is 4.70. The summed E-state index contributed by atoms with van der Waals surface area (Å²) in [6.07, 6.45) is -0.120. The van der Waals surface area contributed by atoms with Gasteiger partial charge in [0.1, 0.15) is 11.2 Å². The summed E-state index contributed by atoms with van der Waals surface area (Å²) in [6.45, 7) is 11.9. The topological polar surface area (TPSA) is 60.8 Å². The molecular weight excluding hydrogens is 344 g/mol. The first kappa shape index (κ1) is 19.3. The minimum Gasteiger partial charge on any atom is -0.444 e. The van der Waals surface area contributed by atoms with Gasteiger partial charge in [-0.05, 0) is 59.6 Å². The van der Waals surface area contributed by atoms with Crippen LogP contribution < -0.4 is 0 Å². The molecular formula is C21H28N2O4. The van der Waals surface area contributed by atoms with Gasteiger partial charge in [-0.15, -0.1) is 0 Å². The number of aromatic nitrogens is 1. The van der Waals surface area contributed by atoms with Gasteiger partial charge < -0.3 is 14.4 Å². The van der Waals surface area contributed by atoms with E-state index in [1.54, 1.807) is 9.47 Å². The maximum atomic E-state index is 12.9. The molecule has 0 fully saturated rings. The summed E-state index contributed by atoms with van der Waals surface area (Å²) in [5.74, 6) is 0. The van der Waals surface area contributed by atoms with Gasteiger partial charge in [-0.2, -0.15) is 0 Å². The standard InChI is InChI=1S/C21H28N2O4/c1-20(2,3)26-18(24)22-12-11-15-14-9-7-8-10-16(14)23(17(15)13-22)19(25)27-21(4,5)6/h7-10H,11-13H2,1-6H3. The Hall–Kier alpha value is -2.50. The number of para-hydroxylation sites is 1. The van der Waals surface area contributed by atoms with Crippen molar-refractivity contribution in [2.75, 3.05) is 6.54 Å². The molecule has 0 aliphatic carbocycles. The zero-order valence-corrected chi connectivity index (χ0v) is 17.0. The van der Waals surface area contributed by atoms with E-state index in [-0.39, 0.29) is 6.09 Å². The van der Waals surface area contributed by atoms with E-state index < -0.39 is 17.3 Å². The van der Waals surface area contributed by atoms with Gasteiger partial charge in [0.05, 0.1) is 17.8 Å². The molecule has 0 unspecified atom stereocenters. The fraction of sp³-hybridized carbons (Fsp3) is 0.524. The molecule has 1 aliphatic heterocycles. The third kappa shape index (κ3) is 4.10. The number of carbonyl (C=O) groups excluding carboxylic acids is 2. The van der Waals surface area contributed by atoms with Crippen molar-refractivity contribution in [3.05, 3.63) is 35.5 Å². The van der Waals surface area contributed by atoms with Crippen LogP contribution in [-0.2, 0) is 22.4 Å². The summed E-state index contributed by atoms with van der Waals surface area (Å²) in [5.41, 5.74) is 1.53. The molecule has 0 bridgehead atoms. The summed E-state index contributed by atoms with van der Waals surface area (Å²) < 4.78 is 12.7. The van der Waals surface area contributed by atoms with E-state index in [0.717, 1.165) is 22.2 Å². The van der Waals surface area contributed by atoms with Gasteiger partial charge in [0.15, 0.2) is 0 Å². The van der Waals surface area contributed by atoms with Crippen molar-refractivity contribution < 1.29 is 19.1 Å². The lowest BCUT2D eigenvalue weighted by Crippen LogP contribution is -2.41. The number of nitrogens with zero attached hydrogens (tertiary/aromatic N) is 2. The van der Waals surface area contributed by atoms with E-state index in [1.807, 2.05) is 65.8 Å². The number of benzene rings is 1. The Morgan fingerprint density at radius 1 is 0.926 bits per heavy atom. The van der Waals surface area contributed by atoms with Crippen LogP contribution in [0.1, 0.15) is 52.8 Å². The number of fused-ring (bicyclic) bond motifs is 3. The lowest BCUT2D eigenvalue weighted by molar-refractivity contribution is 0.0212. The minimum absolute atomic E-state index is 0.318. The normalized spacial score (nSPS) is 14.8. The predicted octanol–water partition coefficient (Wildman–Crippen LogP) is 4.72. The second kappa shape index (κ2) is 6.59. The van der Waals surface area contributed by atoms with Gasteiger partial charge in [-0.1, -0.05) is 18.2 Å². The molecule has 6 nitrogen and oxygen atoms in total. The van der Waals surface area contributed by atoms with Gasteiger partial charge in [-0.3, -0.25) is 0 Å². The molecule has 1 amide bonds. The Labute approximate surface area is 160 Å². The Bertz CT molecular complexity index is 884.